The van der Waals surface area contributed by atoms with Gasteiger partial charge in [-0.15, -0.1) is 0 Å². The number of aliphatic carboxylic acids is 1. The van der Waals surface area contributed by atoms with E-state index in [1.54, 1.807) is 0 Å². The van der Waals surface area contributed by atoms with Crippen LogP contribution in [0.5, 0.6) is 0 Å². The number of hydrogen-bond donors (Lipinski definition) is 1. The van der Waals surface area contributed by atoms with E-state index in [0.29, 0.717) is 6.42 Å². The summed E-state index contributed by atoms with van der Waals surface area (Å²) in [5.74, 6) is -1.36. The van der Waals surface area contributed by atoms with Gasteiger partial charge in [0.2, 0.25) is 0 Å². The zero-order valence-corrected chi connectivity index (χ0v) is 17.3. The molecule has 0 radical (unpaired) electrons. The molecular weight excluding hydrogens is 303 g/mol. The Morgan fingerprint density at radius 3 is 2.09 bits per heavy atom. The molecule has 1 unspecified atom stereocenters. The SMILES string of the molecule is CC/C=C\C/C=C\C/C=C\CCCCCCC(O)C(=O)[O-].[K+]. The summed E-state index contributed by atoms with van der Waals surface area (Å²) in [6, 6.07) is 0. The first-order valence-corrected chi connectivity index (χ1v) is 8.02. The van der Waals surface area contributed by atoms with Crippen molar-refractivity contribution in [3.8, 4) is 0 Å². The Labute approximate surface area is 178 Å². The van der Waals surface area contributed by atoms with Crippen LogP contribution in [0, 0.1) is 0 Å². The van der Waals surface area contributed by atoms with Gasteiger partial charge < -0.3 is 15.0 Å². The van der Waals surface area contributed by atoms with Crippen LogP contribution in [0.2, 0.25) is 0 Å². The second-order valence-electron chi connectivity index (χ2n) is 5.12. The molecule has 0 spiro atoms. The number of aliphatic hydroxyl groups is 1. The molecule has 0 saturated heterocycles. The van der Waals surface area contributed by atoms with E-state index in [1.165, 1.54) is 0 Å². The van der Waals surface area contributed by atoms with Gasteiger partial charge in [0.15, 0.2) is 0 Å². The van der Waals surface area contributed by atoms with Crippen molar-refractivity contribution in [1.29, 1.82) is 0 Å². The molecule has 0 fully saturated rings. The van der Waals surface area contributed by atoms with Gasteiger partial charge in [0.05, 0.1) is 12.1 Å². The third kappa shape index (κ3) is 18.3. The van der Waals surface area contributed by atoms with E-state index in [1.807, 2.05) is 0 Å². The van der Waals surface area contributed by atoms with E-state index in [0.717, 1.165) is 51.4 Å². The van der Waals surface area contributed by atoms with E-state index in [2.05, 4.69) is 43.4 Å². The van der Waals surface area contributed by atoms with E-state index in [4.69, 9.17) is 5.11 Å². The summed E-state index contributed by atoms with van der Waals surface area (Å²) in [4.78, 5) is 10.3. The molecule has 0 aliphatic rings. The molecule has 1 atom stereocenters. The summed E-state index contributed by atoms with van der Waals surface area (Å²) in [6.45, 7) is 2.13. The Kier molecular flexibility index (Phi) is 21.6. The molecule has 0 aromatic carbocycles. The molecule has 0 aliphatic carbocycles. The summed E-state index contributed by atoms with van der Waals surface area (Å²) in [6.07, 6.45) is 20.1. The third-order valence-corrected chi connectivity index (χ3v) is 3.15. The van der Waals surface area contributed by atoms with Gasteiger partial charge in [-0.3, -0.25) is 0 Å². The number of carbonyl (C=O) groups excluding carboxylic acids is 1. The fourth-order valence-corrected chi connectivity index (χ4v) is 1.90. The van der Waals surface area contributed by atoms with Crippen LogP contribution in [0.4, 0.5) is 0 Å². The Bertz CT molecular complexity index is 335. The van der Waals surface area contributed by atoms with Crippen LogP contribution in [-0.2, 0) is 4.79 Å². The monoisotopic (exact) mass is 332 g/mol. The third-order valence-electron chi connectivity index (χ3n) is 3.15. The Morgan fingerprint density at radius 1 is 0.955 bits per heavy atom. The first kappa shape index (κ1) is 24.5. The van der Waals surface area contributed by atoms with Crippen molar-refractivity contribution in [3.05, 3.63) is 36.5 Å². The van der Waals surface area contributed by atoms with Crippen LogP contribution in [-0.4, -0.2) is 17.2 Å². The van der Waals surface area contributed by atoms with Crippen molar-refractivity contribution in [2.75, 3.05) is 0 Å². The average molecular weight is 333 g/mol. The number of carboxylic acids is 1. The van der Waals surface area contributed by atoms with Gasteiger partial charge in [-0.05, 0) is 38.5 Å². The van der Waals surface area contributed by atoms with E-state index >= 15 is 0 Å². The van der Waals surface area contributed by atoms with Crippen molar-refractivity contribution < 1.29 is 66.4 Å². The molecule has 0 rings (SSSR count). The molecular formula is C18H29KO3. The van der Waals surface area contributed by atoms with E-state index < -0.39 is 12.1 Å². The Morgan fingerprint density at radius 2 is 1.50 bits per heavy atom. The average Bonchev–Trinajstić information content (AvgIpc) is 2.47. The second kappa shape index (κ2) is 19.3. The zero-order valence-electron chi connectivity index (χ0n) is 14.2. The van der Waals surface area contributed by atoms with Gasteiger partial charge in [0.1, 0.15) is 0 Å². The predicted octanol–water partition coefficient (Wildman–Crippen LogP) is 0.301. The van der Waals surface area contributed by atoms with Crippen molar-refractivity contribution in [2.45, 2.75) is 70.8 Å². The van der Waals surface area contributed by atoms with Crippen LogP contribution >= 0.6 is 0 Å². The molecule has 3 nitrogen and oxygen atoms in total. The quantitative estimate of drug-likeness (QED) is 0.300. The maximum Gasteiger partial charge on any atom is 1.00 e. The molecule has 22 heavy (non-hydrogen) atoms. The molecule has 4 heteroatoms. The number of carbonyl (C=O) groups is 1. The Hall–Kier alpha value is 0.286. The predicted molar refractivity (Wildman–Crippen MR) is 85.7 cm³/mol. The molecule has 1 N–H and O–H groups in total. The molecule has 0 aliphatic heterocycles. The number of aliphatic hydroxyl groups excluding tert-OH is 1. The van der Waals surface area contributed by atoms with Crippen LogP contribution in [0.1, 0.15) is 64.7 Å². The molecule has 120 valence electrons. The smallest absolute Gasteiger partial charge is 0.547 e. The maximum atomic E-state index is 10.3. The van der Waals surface area contributed by atoms with E-state index in [9.17, 15) is 9.90 Å². The zero-order chi connectivity index (χ0) is 15.8. The topological polar surface area (TPSA) is 60.4 Å². The summed E-state index contributed by atoms with van der Waals surface area (Å²) in [7, 11) is 0. The fraction of sp³-hybridized carbons (Fsp3) is 0.611. The first-order chi connectivity index (χ1) is 10.2. The number of unbranched alkanes of at least 4 members (excludes halogenated alkanes) is 4. The fourth-order valence-electron chi connectivity index (χ4n) is 1.90. The minimum Gasteiger partial charge on any atom is -0.547 e. The Balaban J connectivity index is 0. The summed E-state index contributed by atoms with van der Waals surface area (Å²) >= 11 is 0. The minimum absolute atomic E-state index is 0. The van der Waals surface area contributed by atoms with Crippen LogP contribution < -0.4 is 56.5 Å². The summed E-state index contributed by atoms with van der Waals surface area (Å²) < 4.78 is 0. The van der Waals surface area contributed by atoms with Crippen LogP contribution in [0.3, 0.4) is 0 Å². The van der Waals surface area contributed by atoms with Gasteiger partial charge in [0.25, 0.3) is 0 Å². The van der Waals surface area contributed by atoms with Gasteiger partial charge in [-0.1, -0.05) is 62.6 Å². The molecule has 0 bridgehead atoms. The van der Waals surface area contributed by atoms with Gasteiger partial charge in [0, 0.05) is 0 Å². The van der Waals surface area contributed by atoms with Gasteiger partial charge in [-0.25, -0.2) is 0 Å². The molecule has 0 aromatic rings. The molecule has 0 aromatic heterocycles. The van der Waals surface area contributed by atoms with Crippen molar-refractivity contribution >= 4 is 5.97 Å². The maximum absolute atomic E-state index is 10.3. The molecule has 0 amide bonds. The summed E-state index contributed by atoms with van der Waals surface area (Å²) in [5, 5.41) is 19.3. The van der Waals surface area contributed by atoms with Crippen molar-refractivity contribution in [3.63, 3.8) is 0 Å². The van der Waals surface area contributed by atoms with Crippen LogP contribution in [0.25, 0.3) is 0 Å². The normalized spacial score (nSPS) is 13.0. The minimum atomic E-state index is -1.36. The van der Waals surface area contributed by atoms with Gasteiger partial charge >= 0.3 is 51.4 Å². The number of allylic oxidation sites excluding steroid dienone is 6. The van der Waals surface area contributed by atoms with E-state index in [-0.39, 0.29) is 51.4 Å². The van der Waals surface area contributed by atoms with Crippen molar-refractivity contribution in [2.24, 2.45) is 0 Å². The molecule has 0 saturated carbocycles. The number of rotatable bonds is 13. The molecule has 0 heterocycles. The largest absolute Gasteiger partial charge is 1.00 e. The number of hydrogen-bond acceptors (Lipinski definition) is 3. The standard InChI is InChI=1S/C18H30O3.K/c1-2-3-4-5-6-7-8-9-10-11-12-13-14-15-16-17(19)18(20)21;/h3-4,6-7,9-10,17,19H,2,5,8,11-16H2,1H3,(H,20,21);/q;+1/p-1/b4-3-,7-6-,10-9-;. The van der Waals surface area contributed by atoms with Crippen LogP contribution in [0.15, 0.2) is 36.5 Å². The summed E-state index contributed by atoms with van der Waals surface area (Å²) in [5.41, 5.74) is 0. The van der Waals surface area contributed by atoms with Gasteiger partial charge in [-0.2, -0.15) is 0 Å². The number of carboxylic acid groups (broad SMARTS) is 1. The second-order valence-corrected chi connectivity index (χ2v) is 5.12. The first-order valence-electron chi connectivity index (χ1n) is 8.02. The van der Waals surface area contributed by atoms with Crippen molar-refractivity contribution in [1.82, 2.24) is 0 Å².